The number of sulfonamides is 1. The number of likely N-dealkylation sites (tertiary alicyclic amines) is 1. The topological polar surface area (TPSA) is 96.6 Å². The van der Waals surface area contributed by atoms with Gasteiger partial charge >= 0.3 is 0 Å². The van der Waals surface area contributed by atoms with E-state index in [1.54, 1.807) is 28.6 Å². The predicted molar refractivity (Wildman–Crippen MR) is 116 cm³/mol. The Hall–Kier alpha value is -2.26. The van der Waals surface area contributed by atoms with Crippen molar-refractivity contribution in [3.05, 3.63) is 30.2 Å². The number of piperidine rings is 2. The fraction of sp³-hybridized carbons (Fsp3) is 0.591. The molecule has 0 radical (unpaired) electrons. The Morgan fingerprint density at radius 1 is 1.06 bits per heavy atom. The van der Waals surface area contributed by atoms with Gasteiger partial charge in [-0.1, -0.05) is 12.1 Å². The highest BCUT2D eigenvalue weighted by molar-refractivity contribution is 7.89. The number of hydrogen-bond acceptors (Lipinski definition) is 6. The number of aryl methyl sites for hydroxylation is 1. The van der Waals surface area contributed by atoms with Crippen LogP contribution in [-0.2, 0) is 21.2 Å². The zero-order valence-corrected chi connectivity index (χ0v) is 18.8. The molecular formula is C22H30N4O4S. The first-order valence-electron chi connectivity index (χ1n) is 11.1. The normalized spacial score (nSPS) is 18.9. The highest BCUT2D eigenvalue weighted by Crippen LogP contribution is 2.25. The van der Waals surface area contributed by atoms with E-state index in [-0.39, 0.29) is 10.8 Å². The van der Waals surface area contributed by atoms with E-state index in [0.717, 1.165) is 38.8 Å². The third-order valence-corrected chi connectivity index (χ3v) is 8.14. The Morgan fingerprint density at radius 3 is 2.42 bits per heavy atom. The monoisotopic (exact) mass is 446 g/mol. The van der Waals surface area contributed by atoms with Gasteiger partial charge in [0.2, 0.25) is 27.6 Å². The van der Waals surface area contributed by atoms with Crippen molar-refractivity contribution in [3.63, 3.8) is 0 Å². The lowest BCUT2D eigenvalue weighted by atomic mass is 10.0. The molecule has 0 unspecified atom stereocenters. The molecular weight excluding hydrogens is 416 g/mol. The minimum Gasteiger partial charge on any atom is -0.343 e. The molecule has 31 heavy (non-hydrogen) atoms. The molecule has 0 spiro atoms. The van der Waals surface area contributed by atoms with Crippen molar-refractivity contribution in [3.8, 4) is 11.4 Å². The van der Waals surface area contributed by atoms with Crippen LogP contribution in [0.1, 0.15) is 51.3 Å². The zero-order chi connectivity index (χ0) is 21.8. The molecule has 1 aromatic carbocycles. The standard InChI is InChI=1S/C22H30N4O4S/c1-17-11-15-26(16-12-17)31(28,29)19-7-5-18(6-8-19)22-23-20(30-24-22)9-10-21(27)25-13-3-2-4-14-25/h5-8,17H,2-4,9-16H2,1H3. The fourth-order valence-corrected chi connectivity index (χ4v) is 5.61. The second kappa shape index (κ2) is 9.48. The average Bonchev–Trinajstić information content (AvgIpc) is 3.27. The van der Waals surface area contributed by atoms with Crippen LogP contribution in [0.4, 0.5) is 0 Å². The number of amides is 1. The highest BCUT2D eigenvalue weighted by atomic mass is 32.2. The molecule has 2 saturated heterocycles. The molecule has 2 aliphatic heterocycles. The summed E-state index contributed by atoms with van der Waals surface area (Å²) >= 11 is 0. The van der Waals surface area contributed by atoms with Gasteiger partial charge in [0.15, 0.2) is 0 Å². The van der Waals surface area contributed by atoms with Gasteiger partial charge in [0, 0.05) is 44.6 Å². The Morgan fingerprint density at radius 2 is 1.74 bits per heavy atom. The minimum atomic E-state index is -3.48. The SMILES string of the molecule is CC1CCN(S(=O)(=O)c2ccc(-c3noc(CCC(=O)N4CCCCC4)n3)cc2)CC1. The molecule has 0 N–H and O–H groups in total. The third kappa shape index (κ3) is 5.15. The lowest BCUT2D eigenvalue weighted by molar-refractivity contribution is -0.132. The van der Waals surface area contributed by atoms with Crippen LogP contribution in [0, 0.1) is 5.92 Å². The summed E-state index contributed by atoms with van der Waals surface area (Å²) in [6, 6.07) is 6.59. The van der Waals surface area contributed by atoms with Gasteiger partial charge in [0.25, 0.3) is 0 Å². The van der Waals surface area contributed by atoms with Crippen molar-refractivity contribution in [1.29, 1.82) is 0 Å². The predicted octanol–water partition coefficient (Wildman–Crippen LogP) is 3.10. The Bertz CT molecular complexity index is 989. The van der Waals surface area contributed by atoms with Crippen LogP contribution in [-0.4, -0.2) is 59.8 Å². The number of aromatic nitrogens is 2. The number of rotatable bonds is 6. The third-order valence-electron chi connectivity index (χ3n) is 6.22. The number of nitrogens with zero attached hydrogens (tertiary/aromatic N) is 4. The van der Waals surface area contributed by atoms with E-state index in [0.29, 0.717) is 49.1 Å². The van der Waals surface area contributed by atoms with Gasteiger partial charge in [-0.25, -0.2) is 8.42 Å². The van der Waals surface area contributed by atoms with Crippen LogP contribution in [0.5, 0.6) is 0 Å². The van der Waals surface area contributed by atoms with Crippen LogP contribution in [0.3, 0.4) is 0 Å². The maximum Gasteiger partial charge on any atom is 0.243 e. The number of carbonyl (C=O) groups is 1. The van der Waals surface area contributed by atoms with Crippen LogP contribution in [0.2, 0.25) is 0 Å². The number of benzene rings is 1. The quantitative estimate of drug-likeness (QED) is 0.676. The smallest absolute Gasteiger partial charge is 0.243 e. The van der Waals surface area contributed by atoms with Crippen molar-refractivity contribution in [2.45, 2.75) is 56.8 Å². The molecule has 4 rings (SSSR count). The Kier molecular flexibility index (Phi) is 6.71. The summed E-state index contributed by atoms with van der Waals surface area (Å²) in [5, 5.41) is 4.00. The van der Waals surface area contributed by atoms with E-state index in [1.165, 1.54) is 6.42 Å². The van der Waals surface area contributed by atoms with Gasteiger partial charge < -0.3 is 9.42 Å². The number of carbonyl (C=O) groups excluding carboxylic acids is 1. The second-order valence-electron chi connectivity index (χ2n) is 8.56. The number of hydrogen-bond donors (Lipinski definition) is 0. The molecule has 0 bridgehead atoms. The minimum absolute atomic E-state index is 0.126. The van der Waals surface area contributed by atoms with Gasteiger partial charge in [0.05, 0.1) is 4.90 Å². The molecule has 2 fully saturated rings. The average molecular weight is 447 g/mol. The molecule has 2 aliphatic rings. The Labute approximate surface area is 183 Å². The largest absolute Gasteiger partial charge is 0.343 e. The van der Waals surface area contributed by atoms with E-state index < -0.39 is 10.0 Å². The molecule has 168 valence electrons. The molecule has 3 heterocycles. The molecule has 0 saturated carbocycles. The molecule has 0 atom stereocenters. The molecule has 9 heteroatoms. The van der Waals surface area contributed by atoms with E-state index >= 15 is 0 Å². The second-order valence-corrected chi connectivity index (χ2v) is 10.5. The molecule has 1 amide bonds. The van der Waals surface area contributed by atoms with Crippen LogP contribution < -0.4 is 0 Å². The first-order valence-corrected chi connectivity index (χ1v) is 12.6. The molecule has 1 aromatic heterocycles. The van der Waals surface area contributed by atoms with E-state index in [1.807, 2.05) is 4.90 Å². The first-order chi connectivity index (χ1) is 14.9. The summed E-state index contributed by atoms with van der Waals surface area (Å²) in [4.78, 5) is 18.9. The van der Waals surface area contributed by atoms with E-state index in [4.69, 9.17) is 4.52 Å². The highest BCUT2D eigenvalue weighted by Gasteiger charge is 2.28. The lowest BCUT2D eigenvalue weighted by Gasteiger charge is -2.29. The van der Waals surface area contributed by atoms with E-state index in [9.17, 15) is 13.2 Å². The maximum atomic E-state index is 12.9. The summed E-state index contributed by atoms with van der Waals surface area (Å²) in [5.74, 6) is 1.51. The van der Waals surface area contributed by atoms with Crippen molar-refractivity contribution in [1.82, 2.24) is 19.3 Å². The fourth-order valence-electron chi connectivity index (χ4n) is 4.14. The first kappa shape index (κ1) is 22.0. The molecule has 0 aliphatic carbocycles. The molecule has 2 aromatic rings. The summed E-state index contributed by atoms with van der Waals surface area (Å²) in [5.41, 5.74) is 0.684. The summed E-state index contributed by atoms with van der Waals surface area (Å²) < 4.78 is 32.6. The summed E-state index contributed by atoms with van der Waals surface area (Å²) in [6.45, 7) is 4.95. The Balaban J connectivity index is 1.37. The van der Waals surface area contributed by atoms with Crippen molar-refractivity contribution in [2.24, 2.45) is 5.92 Å². The molecule has 8 nitrogen and oxygen atoms in total. The van der Waals surface area contributed by atoms with Crippen LogP contribution in [0.25, 0.3) is 11.4 Å². The van der Waals surface area contributed by atoms with Gasteiger partial charge in [-0.3, -0.25) is 4.79 Å². The van der Waals surface area contributed by atoms with E-state index in [2.05, 4.69) is 17.1 Å². The zero-order valence-electron chi connectivity index (χ0n) is 18.0. The van der Waals surface area contributed by atoms with Crippen LogP contribution >= 0.6 is 0 Å². The van der Waals surface area contributed by atoms with Crippen LogP contribution in [0.15, 0.2) is 33.7 Å². The van der Waals surface area contributed by atoms with Gasteiger partial charge in [-0.15, -0.1) is 0 Å². The maximum absolute atomic E-state index is 12.9. The van der Waals surface area contributed by atoms with Crippen molar-refractivity contribution < 1.29 is 17.7 Å². The van der Waals surface area contributed by atoms with Gasteiger partial charge in [-0.05, 0) is 62.3 Å². The lowest BCUT2D eigenvalue weighted by Crippen LogP contribution is -2.37. The summed E-state index contributed by atoms with van der Waals surface area (Å²) in [6.07, 6.45) is 5.87. The summed E-state index contributed by atoms with van der Waals surface area (Å²) in [7, 11) is -3.48. The van der Waals surface area contributed by atoms with Gasteiger partial charge in [-0.2, -0.15) is 9.29 Å². The van der Waals surface area contributed by atoms with Crippen molar-refractivity contribution in [2.75, 3.05) is 26.2 Å². The van der Waals surface area contributed by atoms with Crippen molar-refractivity contribution >= 4 is 15.9 Å². The van der Waals surface area contributed by atoms with Gasteiger partial charge in [0.1, 0.15) is 0 Å².